The first-order chi connectivity index (χ1) is 5.47. The fraction of sp³-hybridized carbons (Fsp3) is 0.286. The van der Waals surface area contributed by atoms with Gasteiger partial charge < -0.3 is 4.18 Å². The van der Waals surface area contributed by atoms with Crippen LogP contribution in [0.1, 0.15) is 5.69 Å². The molecular formula is C7H9NO3S. The maximum atomic E-state index is 10.6. The van der Waals surface area contributed by atoms with E-state index in [1.165, 1.54) is 6.20 Å². The Morgan fingerprint density at radius 2 is 2.08 bits per heavy atom. The van der Waals surface area contributed by atoms with Gasteiger partial charge in [0.1, 0.15) is 0 Å². The van der Waals surface area contributed by atoms with Crippen molar-refractivity contribution in [3.05, 3.63) is 24.0 Å². The van der Waals surface area contributed by atoms with Gasteiger partial charge in [0, 0.05) is 5.69 Å². The van der Waals surface area contributed by atoms with Crippen LogP contribution in [0.2, 0.25) is 0 Å². The van der Waals surface area contributed by atoms with Gasteiger partial charge in [0.2, 0.25) is 0 Å². The largest absolute Gasteiger partial charge is 0.381 e. The molecular weight excluding hydrogens is 178 g/mol. The van der Waals surface area contributed by atoms with E-state index >= 15 is 0 Å². The number of rotatable bonds is 2. The molecule has 0 saturated heterocycles. The molecule has 12 heavy (non-hydrogen) atoms. The van der Waals surface area contributed by atoms with Crippen LogP contribution in [0.3, 0.4) is 0 Å². The molecule has 1 rings (SSSR count). The van der Waals surface area contributed by atoms with E-state index < -0.39 is 10.1 Å². The maximum absolute atomic E-state index is 10.6. The monoisotopic (exact) mass is 187 g/mol. The number of hydrogen-bond donors (Lipinski definition) is 0. The lowest BCUT2D eigenvalue weighted by atomic mass is 10.4. The van der Waals surface area contributed by atoms with E-state index in [4.69, 9.17) is 0 Å². The van der Waals surface area contributed by atoms with E-state index in [9.17, 15) is 8.42 Å². The molecule has 0 amide bonds. The molecule has 66 valence electrons. The second kappa shape index (κ2) is 3.10. The summed E-state index contributed by atoms with van der Waals surface area (Å²) in [6.45, 7) is 1.81. The van der Waals surface area contributed by atoms with Crippen molar-refractivity contribution in [3.63, 3.8) is 0 Å². The Morgan fingerprint density at radius 1 is 1.42 bits per heavy atom. The molecule has 0 N–H and O–H groups in total. The van der Waals surface area contributed by atoms with Crippen LogP contribution >= 0.6 is 0 Å². The molecule has 1 aromatic heterocycles. The summed E-state index contributed by atoms with van der Waals surface area (Å²) < 4.78 is 25.8. The molecule has 0 fully saturated rings. The van der Waals surface area contributed by atoms with Gasteiger partial charge in [-0.05, 0) is 19.1 Å². The van der Waals surface area contributed by atoms with Gasteiger partial charge in [0.15, 0.2) is 5.75 Å². The fourth-order valence-electron chi connectivity index (χ4n) is 0.678. The minimum absolute atomic E-state index is 0.239. The van der Waals surface area contributed by atoms with Crippen LogP contribution in [0.15, 0.2) is 18.3 Å². The van der Waals surface area contributed by atoms with Gasteiger partial charge in [-0.1, -0.05) is 0 Å². The number of aryl methyl sites for hydroxylation is 1. The van der Waals surface area contributed by atoms with Crippen LogP contribution in [0.4, 0.5) is 0 Å². The second-order valence-electron chi connectivity index (χ2n) is 2.42. The van der Waals surface area contributed by atoms with Crippen molar-refractivity contribution in [2.75, 3.05) is 6.26 Å². The Hall–Kier alpha value is -1.10. The number of nitrogens with zero attached hydrogens (tertiary/aromatic N) is 1. The second-order valence-corrected chi connectivity index (χ2v) is 4.00. The topological polar surface area (TPSA) is 56.3 Å². The zero-order valence-electron chi connectivity index (χ0n) is 6.81. The molecule has 1 aromatic rings. The van der Waals surface area contributed by atoms with Crippen LogP contribution in [0, 0.1) is 6.92 Å². The number of pyridine rings is 1. The lowest BCUT2D eigenvalue weighted by molar-refractivity contribution is 0.491. The van der Waals surface area contributed by atoms with Gasteiger partial charge in [-0.15, -0.1) is 0 Å². The Kier molecular flexibility index (Phi) is 2.32. The predicted molar refractivity (Wildman–Crippen MR) is 44.4 cm³/mol. The van der Waals surface area contributed by atoms with Gasteiger partial charge in [0.05, 0.1) is 12.5 Å². The van der Waals surface area contributed by atoms with E-state index in [2.05, 4.69) is 9.17 Å². The summed E-state index contributed by atoms with van der Waals surface area (Å²) in [6, 6.07) is 3.24. The third-order valence-corrected chi connectivity index (χ3v) is 1.63. The summed E-state index contributed by atoms with van der Waals surface area (Å²) in [5.41, 5.74) is 0.816. The van der Waals surface area contributed by atoms with E-state index in [1.54, 1.807) is 12.1 Å². The Labute approximate surface area is 71.3 Å². The maximum Gasteiger partial charge on any atom is 0.306 e. The molecule has 0 aliphatic rings. The minimum atomic E-state index is -3.43. The lowest BCUT2D eigenvalue weighted by Gasteiger charge is -2.00. The average molecular weight is 187 g/mol. The standard InChI is InChI=1S/C7H9NO3S/c1-6-3-4-7(5-8-6)11-12(2,9)10/h3-5H,1-2H3. The van der Waals surface area contributed by atoms with E-state index in [-0.39, 0.29) is 5.75 Å². The first kappa shape index (κ1) is 8.99. The highest BCUT2D eigenvalue weighted by Gasteiger charge is 2.02. The predicted octanol–water partition coefficient (Wildman–Crippen LogP) is 0.728. The molecule has 0 aromatic carbocycles. The third kappa shape index (κ3) is 2.87. The van der Waals surface area contributed by atoms with Crippen molar-refractivity contribution < 1.29 is 12.6 Å². The first-order valence-electron chi connectivity index (χ1n) is 3.29. The van der Waals surface area contributed by atoms with Crippen LogP contribution in [-0.4, -0.2) is 19.7 Å². The zero-order chi connectivity index (χ0) is 9.19. The van der Waals surface area contributed by atoms with Crippen LogP contribution in [-0.2, 0) is 10.1 Å². The van der Waals surface area contributed by atoms with Crippen molar-refractivity contribution in [1.82, 2.24) is 4.98 Å². The Morgan fingerprint density at radius 3 is 2.50 bits per heavy atom. The van der Waals surface area contributed by atoms with E-state index in [0.717, 1.165) is 11.9 Å². The molecule has 4 nitrogen and oxygen atoms in total. The highest BCUT2D eigenvalue weighted by molar-refractivity contribution is 7.86. The fourth-order valence-corrected chi connectivity index (χ4v) is 1.13. The highest BCUT2D eigenvalue weighted by atomic mass is 32.2. The van der Waals surface area contributed by atoms with Crippen molar-refractivity contribution in [2.24, 2.45) is 0 Å². The SMILES string of the molecule is Cc1ccc(OS(C)(=O)=O)cn1. The summed E-state index contributed by atoms with van der Waals surface area (Å²) in [4.78, 5) is 3.87. The Balaban J connectivity index is 2.85. The highest BCUT2D eigenvalue weighted by Crippen LogP contribution is 2.10. The van der Waals surface area contributed by atoms with Crippen LogP contribution < -0.4 is 4.18 Å². The lowest BCUT2D eigenvalue weighted by Crippen LogP contribution is -2.05. The molecule has 0 saturated carbocycles. The molecule has 0 spiro atoms. The summed E-state index contributed by atoms with van der Waals surface area (Å²) in [7, 11) is -3.43. The van der Waals surface area contributed by atoms with Crippen molar-refractivity contribution in [2.45, 2.75) is 6.92 Å². The van der Waals surface area contributed by atoms with Gasteiger partial charge in [-0.25, -0.2) is 0 Å². The molecule has 1 heterocycles. The quantitative estimate of drug-likeness (QED) is 0.640. The van der Waals surface area contributed by atoms with Crippen molar-refractivity contribution >= 4 is 10.1 Å². The molecule has 0 unspecified atom stereocenters. The minimum Gasteiger partial charge on any atom is -0.381 e. The summed E-state index contributed by atoms with van der Waals surface area (Å²) in [6.07, 6.45) is 2.36. The summed E-state index contributed by atoms with van der Waals surface area (Å²) in [5.74, 6) is 0.239. The molecule has 0 atom stereocenters. The van der Waals surface area contributed by atoms with Crippen molar-refractivity contribution in [1.29, 1.82) is 0 Å². The van der Waals surface area contributed by atoms with Crippen LogP contribution in [0.25, 0.3) is 0 Å². The molecule has 0 aliphatic heterocycles. The third-order valence-electron chi connectivity index (χ3n) is 1.13. The smallest absolute Gasteiger partial charge is 0.306 e. The van der Waals surface area contributed by atoms with E-state index in [0.29, 0.717) is 0 Å². The van der Waals surface area contributed by atoms with Gasteiger partial charge in [-0.3, -0.25) is 4.98 Å². The van der Waals surface area contributed by atoms with Gasteiger partial charge in [-0.2, -0.15) is 8.42 Å². The van der Waals surface area contributed by atoms with Gasteiger partial charge in [0.25, 0.3) is 0 Å². The zero-order valence-corrected chi connectivity index (χ0v) is 7.63. The molecule has 5 heteroatoms. The van der Waals surface area contributed by atoms with Crippen molar-refractivity contribution in [3.8, 4) is 5.75 Å². The molecule has 0 radical (unpaired) electrons. The van der Waals surface area contributed by atoms with E-state index in [1.807, 2.05) is 6.92 Å². The molecule has 0 bridgehead atoms. The molecule has 0 aliphatic carbocycles. The van der Waals surface area contributed by atoms with Gasteiger partial charge >= 0.3 is 10.1 Å². The number of aromatic nitrogens is 1. The normalized spacial score (nSPS) is 11.2. The summed E-state index contributed by atoms with van der Waals surface area (Å²) >= 11 is 0. The Bertz CT molecular complexity index is 355. The average Bonchev–Trinajstić information content (AvgIpc) is 1.91. The van der Waals surface area contributed by atoms with Crippen LogP contribution in [0.5, 0.6) is 5.75 Å². The summed E-state index contributed by atoms with van der Waals surface area (Å²) in [5, 5.41) is 0. The number of hydrogen-bond acceptors (Lipinski definition) is 4. The first-order valence-corrected chi connectivity index (χ1v) is 5.11.